The number of esters is 1. The fourth-order valence-corrected chi connectivity index (χ4v) is 2.62. The van der Waals surface area contributed by atoms with Crippen molar-refractivity contribution in [3.63, 3.8) is 0 Å². The number of carbonyl (C=O) groups is 1. The third-order valence-electron chi connectivity index (χ3n) is 2.05. The zero-order valence-electron chi connectivity index (χ0n) is 9.24. The molecule has 1 aromatic carbocycles. The van der Waals surface area contributed by atoms with Gasteiger partial charge in [-0.15, -0.1) is 0 Å². The SMILES string of the molecule is COC(=O)c1sc(Nc2ccc(Br)cc2)nc1Cl. The monoisotopic (exact) mass is 346 g/mol. The molecule has 1 aromatic heterocycles. The lowest BCUT2D eigenvalue weighted by Gasteiger charge is -2.01. The summed E-state index contributed by atoms with van der Waals surface area (Å²) in [6.45, 7) is 0. The average molecular weight is 348 g/mol. The van der Waals surface area contributed by atoms with E-state index in [0.717, 1.165) is 21.5 Å². The average Bonchev–Trinajstić information content (AvgIpc) is 2.72. The lowest BCUT2D eigenvalue weighted by Crippen LogP contribution is -1.98. The summed E-state index contributed by atoms with van der Waals surface area (Å²) in [5.41, 5.74) is 0.861. The summed E-state index contributed by atoms with van der Waals surface area (Å²) in [6, 6.07) is 7.58. The van der Waals surface area contributed by atoms with Gasteiger partial charge in [-0.1, -0.05) is 38.9 Å². The molecule has 0 spiro atoms. The number of benzene rings is 1. The number of aromatic nitrogens is 1. The van der Waals surface area contributed by atoms with Crippen LogP contribution in [0.1, 0.15) is 9.67 Å². The predicted octanol–water partition coefficient (Wildman–Crippen LogP) is 4.09. The number of halogens is 2. The highest BCUT2D eigenvalue weighted by molar-refractivity contribution is 9.10. The van der Waals surface area contributed by atoms with E-state index in [1.54, 1.807) is 0 Å². The van der Waals surface area contributed by atoms with Gasteiger partial charge in [0, 0.05) is 10.2 Å². The second kappa shape index (κ2) is 5.69. The second-order valence-corrected chi connectivity index (χ2v) is 5.54. The van der Waals surface area contributed by atoms with Crippen LogP contribution in [0, 0.1) is 0 Å². The third-order valence-corrected chi connectivity index (χ3v) is 3.92. The van der Waals surface area contributed by atoms with Crippen molar-refractivity contribution in [2.24, 2.45) is 0 Å². The van der Waals surface area contributed by atoms with Crippen LogP contribution in [0.4, 0.5) is 10.8 Å². The van der Waals surface area contributed by atoms with Crippen LogP contribution in [0.3, 0.4) is 0 Å². The van der Waals surface area contributed by atoms with Crippen molar-refractivity contribution in [3.8, 4) is 0 Å². The zero-order valence-corrected chi connectivity index (χ0v) is 12.4. The smallest absolute Gasteiger partial charge is 0.351 e. The molecule has 0 aliphatic heterocycles. The number of nitrogens with zero attached hydrogens (tertiary/aromatic N) is 1. The minimum atomic E-state index is -0.485. The van der Waals surface area contributed by atoms with E-state index in [4.69, 9.17) is 11.6 Å². The maximum absolute atomic E-state index is 11.4. The quantitative estimate of drug-likeness (QED) is 0.850. The van der Waals surface area contributed by atoms with Crippen molar-refractivity contribution >= 4 is 55.7 Å². The maximum atomic E-state index is 11.4. The molecular weight excluding hydrogens is 340 g/mol. The van der Waals surface area contributed by atoms with E-state index in [-0.39, 0.29) is 5.15 Å². The molecule has 94 valence electrons. The van der Waals surface area contributed by atoms with E-state index in [2.05, 4.69) is 31.0 Å². The first-order chi connectivity index (χ1) is 8.60. The second-order valence-electron chi connectivity index (χ2n) is 3.26. The van der Waals surface area contributed by atoms with Gasteiger partial charge in [0.15, 0.2) is 15.2 Å². The van der Waals surface area contributed by atoms with E-state index >= 15 is 0 Å². The van der Waals surface area contributed by atoms with Gasteiger partial charge in [0.25, 0.3) is 0 Å². The number of rotatable bonds is 3. The molecule has 1 N–H and O–H groups in total. The number of nitrogens with one attached hydrogen (secondary N) is 1. The summed E-state index contributed by atoms with van der Waals surface area (Å²) in [5.74, 6) is -0.485. The van der Waals surface area contributed by atoms with Gasteiger partial charge in [0.1, 0.15) is 0 Å². The molecule has 0 saturated heterocycles. The van der Waals surface area contributed by atoms with Gasteiger partial charge in [-0.05, 0) is 24.3 Å². The van der Waals surface area contributed by atoms with Crippen molar-refractivity contribution in [2.45, 2.75) is 0 Å². The van der Waals surface area contributed by atoms with E-state index in [1.807, 2.05) is 24.3 Å². The van der Waals surface area contributed by atoms with E-state index in [1.165, 1.54) is 7.11 Å². The minimum Gasteiger partial charge on any atom is -0.465 e. The summed E-state index contributed by atoms with van der Waals surface area (Å²) < 4.78 is 5.60. The van der Waals surface area contributed by atoms with Crippen LogP contribution in [0.25, 0.3) is 0 Å². The molecular formula is C11H8BrClN2O2S. The Morgan fingerprint density at radius 2 is 2.11 bits per heavy atom. The van der Waals surface area contributed by atoms with E-state index in [9.17, 15) is 4.79 Å². The number of thiazole rings is 1. The predicted molar refractivity (Wildman–Crippen MR) is 75.9 cm³/mol. The van der Waals surface area contributed by atoms with Crippen LogP contribution in [0.15, 0.2) is 28.7 Å². The number of carbonyl (C=O) groups excluding carboxylic acids is 1. The first-order valence-corrected chi connectivity index (χ1v) is 6.86. The van der Waals surface area contributed by atoms with Gasteiger partial charge < -0.3 is 10.1 Å². The Morgan fingerprint density at radius 1 is 1.44 bits per heavy atom. The van der Waals surface area contributed by atoms with Crippen LogP contribution >= 0.6 is 38.9 Å². The molecule has 1 heterocycles. The van der Waals surface area contributed by atoms with Crippen molar-refractivity contribution in [3.05, 3.63) is 38.8 Å². The van der Waals surface area contributed by atoms with Crippen molar-refractivity contribution < 1.29 is 9.53 Å². The molecule has 0 aliphatic carbocycles. The van der Waals surface area contributed by atoms with Crippen molar-refractivity contribution in [1.29, 1.82) is 0 Å². The molecule has 0 atom stereocenters. The highest BCUT2D eigenvalue weighted by Gasteiger charge is 2.17. The first-order valence-electron chi connectivity index (χ1n) is 4.87. The Morgan fingerprint density at radius 3 is 2.72 bits per heavy atom. The molecule has 0 radical (unpaired) electrons. The Balaban J connectivity index is 2.20. The number of anilines is 2. The molecule has 0 saturated carbocycles. The summed E-state index contributed by atoms with van der Waals surface area (Å²) in [5, 5.41) is 3.75. The molecule has 2 aromatic rings. The molecule has 0 unspecified atom stereocenters. The van der Waals surface area contributed by atoms with Gasteiger partial charge >= 0.3 is 5.97 Å². The first kappa shape index (κ1) is 13.3. The van der Waals surface area contributed by atoms with Gasteiger partial charge in [-0.25, -0.2) is 9.78 Å². The number of methoxy groups -OCH3 is 1. The Hall–Kier alpha value is -1.11. The maximum Gasteiger partial charge on any atom is 0.351 e. The highest BCUT2D eigenvalue weighted by Crippen LogP contribution is 2.29. The molecule has 2 rings (SSSR count). The largest absolute Gasteiger partial charge is 0.465 e. The normalized spacial score (nSPS) is 10.2. The van der Waals surface area contributed by atoms with E-state index in [0.29, 0.717) is 10.0 Å². The standard InChI is InChI=1S/C11H8BrClN2O2S/c1-17-10(16)8-9(13)15-11(18-8)14-7-4-2-6(12)3-5-7/h2-5H,1H3,(H,14,15). The summed E-state index contributed by atoms with van der Waals surface area (Å²) in [7, 11) is 1.31. The number of hydrogen-bond donors (Lipinski definition) is 1. The Bertz CT molecular complexity index is 571. The van der Waals surface area contributed by atoms with Crippen LogP contribution in [-0.4, -0.2) is 18.1 Å². The fourth-order valence-electron chi connectivity index (χ4n) is 1.23. The van der Waals surface area contributed by atoms with Gasteiger partial charge in [0.05, 0.1) is 7.11 Å². The van der Waals surface area contributed by atoms with Crippen LogP contribution in [0.2, 0.25) is 5.15 Å². The highest BCUT2D eigenvalue weighted by atomic mass is 79.9. The summed E-state index contributed by atoms with van der Waals surface area (Å²) in [4.78, 5) is 15.7. The fraction of sp³-hybridized carbons (Fsp3) is 0.0909. The topological polar surface area (TPSA) is 51.2 Å². The Labute approximate surface area is 121 Å². The number of hydrogen-bond acceptors (Lipinski definition) is 5. The molecule has 4 nitrogen and oxygen atoms in total. The zero-order chi connectivity index (χ0) is 13.1. The molecule has 18 heavy (non-hydrogen) atoms. The molecule has 0 bridgehead atoms. The van der Waals surface area contributed by atoms with Crippen molar-refractivity contribution in [2.75, 3.05) is 12.4 Å². The van der Waals surface area contributed by atoms with Gasteiger partial charge in [-0.3, -0.25) is 0 Å². The minimum absolute atomic E-state index is 0.145. The Kier molecular flexibility index (Phi) is 4.21. The lowest BCUT2D eigenvalue weighted by atomic mass is 10.3. The summed E-state index contributed by atoms with van der Waals surface area (Å²) >= 11 is 10.4. The number of ether oxygens (including phenoxy) is 1. The lowest BCUT2D eigenvalue weighted by molar-refractivity contribution is 0.0606. The molecule has 7 heteroatoms. The van der Waals surface area contributed by atoms with Crippen molar-refractivity contribution in [1.82, 2.24) is 4.98 Å². The molecule has 0 fully saturated rings. The van der Waals surface area contributed by atoms with Gasteiger partial charge in [-0.2, -0.15) is 0 Å². The van der Waals surface area contributed by atoms with Crippen LogP contribution in [0.5, 0.6) is 0 Å². The van der Waals surface area contributed by atoms with Crippen LogP contribution in [-0.2, 0) is 4.74 Å². The third kappa shape index (κ3) is 3.01. The van der Waals surface area contributed by atoms with Crippen LogP contribution < -0.4 is 5.32 Å². The summed E-state index contributed by atoms with van der Waals surface area (Å²) in [6.07, 6.45) is 0. The molecule has 0 aliphatic rings. The van der Waals surface area contributed by atoms with E-state index < -0.39 is 5.97 Å². The molecule has 0 amide bonds. The van der Waals surface area contributed by atoms with Gasteiger partial charge in [0.2, 0.25) is 0 Å².